The zero-order valence-corrected chi connectivity index (χ0v) is 17.9. The Morgan fingerprint density at radius 1 is 1.09 bits per heavy atom. The molecule has 3 heterocycles. The van der Waals surface area contributed by atoms with E-state index in [-0.39, 0.29) is 11.4 Å². The molecule has 0 unspecified atom stereocenters. The van der Waals surface area contributed by atoms with Gasteiger partial charge in [0.05, 0.1) is 22.6 Å². The average Bonchev–Trinajstić information content (AvgIpc) is 3.30. The molecular formula is C25H18F4N4O. The lowest BCUT2D eigenvalue weighted by Gasteiger charge is -2.12. The van der Waals surface area contributed by atoms with Crippen LogP contribution in [0.1, 0.15) is 17.5 Å². The van der Waals surface area contributed by atoms with Crippen LogP contribution < -0.4 is 16.3 Å². The molecular weight excluding hydrogens is 448 g/mol. The maximum absolute atomic E-state index is 13.8. The fourth-order valence-corrected chi connectivity index (χ4v) is 4.04. The molecule has 3 aromatic heterocycles. The number of pyridine rings is 1. The summed E-state index contributed by atoms with van der Waals surface area (Å²) >= 11 is 0. The van der Waals surface area contributed by atoms with Crippen LogP contribution in [-0.2, 0) is 13.2 Å². The quantitative estimate of drug-likeness (QED) is 0.468. The zero-order chi connectivity index (χ0) is 24.0. The minimum absolute atomic E-state index is 0.103. The molecule has 9 heteroatoms. The molecule has 0 spiro atoms. The number of halogens is 4. The molecule has 5 nitrogen and oxygen atoms in total. The largest absolute Gasteiger partial charge is 0.419 e. The molecule has 34 heavy (non-hydrogen) atoms. The highest BCUT2D eigenvalue weighted by atomic mass is 19.4. The van der Waals surface area contributed by atoms with Crippen LogP contribution in [0.25, 0.3) is 34.8 Å². The fraction of sp³-hybridized carbons (Fsp3) is 0.120. The number of H-pyrrole nitrogens is 1. The van der Waals surface area contributed by atoms with Crippen molar-refractivity contribution in [3.8, 4) is 17.1 Å². The third-order valence-corrected chi connectivity index (χ3v) is 5.70. The topological polar surface area (TPSA) is 55.6 Å². The van der Waals surface area contributed by atoms with Gasteiger partial charge in [-0.05, 0) is 65.3 Å². The van der Waals surface area contributed by atoms with Gasteiger partial charge in [-0.3, -0.25) is 9.55 Å². The molecule has 0 saturated carbocycles. The Morgan fingerprint density at radius 2 is 1.91 bits per heavy atom. The van der Waals surface area contributed by atoms with Crippen LogP contribution in [0.3, 0.4) is 0 Å². The molecule has 0 radical (unpaired) electrons. The van der Waals surface area contributed by atoms with Gasteiger partial charge in [-0.1, -0.05) is 12.2 Å². The van der Waals surface area contributed by atoms with Gasteiger partial charge in [-0.15, -0.1) is 0 Å². The van der Waals surface area contributed by atoms with Gasteiger partial charge in [0.25, 0.3) is 0 Å². The Morgan fingerprint density at radius 3 is 2.71 bits per heavy atom. The number of alkyl halides is 3. The van der Waals surface area contributed by atoms with Crippen LogP contribution in [0.15, 0.2) is 65.9 Å². The van der Waals surface area contributed by atoms with Crippen LogP contribution in [-0.4, -0.2) is 19.1 Å². The highest BCUT2D eigenvalue weighted by Gasteiger charge is 2.34. The molecule has 0 atom stereocenters. The normalized spacial score (nSPS) is 13.5. The summed E-state index contributed by atoms with van der Waals surface area (Å²) in [5.74, 6) is -1.40. The third-order valence-electron chi connectivity index (χ3n) is 5.70. The van der Waals surface area contributed by atoms with Crippen molar-refractivity contribution in [1.29, 1.82) is 0 Å². The Labute approximate surface area is 190 Å². The van der Waals surface area contributed by atoms with Crippen molar-refractivity contribution in [3.63, 3.8) is 0 Å². The van der Waals surface area contributed by atoms with E-state index < -0.39 is 23.2 Å². The lowest BCUT2D eigenvalue weighted by atomic mass is 10.0. The van der Waals surface area contributed by atoms with E-state index in [9.17, 15) is 22.4 Å². The smallest absolute Gasteiger partial charge is 0.361 e. The predicted molar refractivity (Wildman–Crippen MR) is 121 cm³/mol. The van der Waals surface area contributed by atoms with Crippen molar-refractivity contribution in [1.82, 2.24) is 19.1 Å². The molecule has 1 aliphatic rings. The summed E-state index contributed by atoms with van der Waals surface area (Å²) in [4.78, 5) is 20.4. The van der Waals surface area contributed by atoms with Gasteiger partial charge in [0.15, 0.2) is 0 Å². The minimum Gasteiger partial charge on any atom is -0.361 e. The van der Waals surface area contributed by atoms with Gasteiger partial charge in [-0.25, -0.2) is 9.18 Å². The number of aromatic amines is 1. The zero-order valence-electron chi connectivity index (χ0n) is 17.9. The lowest BCUT2D eigenvalue weighted by Crippen LogP contribution is -2.22. The highest BCUT2D eigenvalue weighted by molar-refractivity contribution is 5.90. The summed E-state index contributed by atoms with van der Waals surface area (Å²) in [6.07, 6.45) is 6.91. The van der Waals surface area contributed by atoms with Gasteiger partial charge in [0.1, 0.15) is 5.82 Å². The summed E-state index contributed by atoms with van der Waals surface area (Å²) in [5.41, 5.74) is 0.351. The Kier molecular flexibility index (Phi) is 5.11. The highest BCUT2D eigenvalue weighted by Crippen LogP contribution is 2.33. The fourth-order valence-electron chi connectivity index (χ4n) is 4.04. The van der Waals surface area contributed by atoms with Crippen molar-refractivity contribution in [3.05, 3.63) is 99.1 Å². The Hall–Kier alpha value is -4.14. The monoisotopic (exact) mass is 466 g/mol. The SMILES string of the molecule is Cn1cc(-c2cc(C3=CCC=c4[nH]ccc4=C3)ccn2)n(-c2ccc(F)c(C(F)(F)F)c2)c1=O. The van der Waals surface area contributed by atoms with Crippen LogP contribution in [0.2, 0.25) is 0 Å². The van der Waals surface area contributed by atoms with Gasteiger partial charge in [-0.2, -0.15) is 13.2 Å². The van der Waals surface area contributed by atoms with E-state index in [1.165, 1.54) is 17.8 Å². The second-order valence-corrected chi connectivity index (χ2v) is 7.93. The molecule has 0 fully saturated rings. The van der Waals surface area contributed by atoms with E-state index in [1.54, 1.807) is 12.3 Å². The van der Waals surface area contributed by atoms with Crippen molar-refractivity contribution < 1.29 is 17.6 Å². The molecule has 1 N–H and O–H groups in total. The van der Waals surface area contributed by atoms with Crippen LogP contribution in [0.4, 0.5) is 17.6 Å². The number of imidazole rings is 1. The molecule has 0 amide bonds. The minimum atomic E-state index is -4.90. The van der Waals surface area contributed by atoms with E-state index in [4.69, 9.17) is 0 Å². The van der Waals surface area contributed by atoms with E-state index in [0.717, 1.165) is 32.3 Å². The second-order valence-electron chi connectivity index (χ2n) is 7.93. The second kappa shape index (κ2) is 8.02. The number of nitrogens with one attached hydrogen (secondary N) is 1. The van der Waals surface area contributed by atoms with Gasteiger partial charge < -0.3 is 9.55 Å². The van der Waals surface area contributed by atoms with Gasteiger partial charge >= 0.3 is 11.9 Å². The molecule has 0 saturated heterocycles. The first-order valence-electron chi connectivity index (χ1n) is 10.4. The van der Waals surface area contributed by atoms with Crippen LogP contribution in [0.5, 0.6) is 0 Å². The van der Waals surface area contributed by atoms with Crippen LogP contribution >= 0.6 is 0 Å². The number of aromatic nitrogens is 4. The lowest BCUT2D eigenvalue weighted by molar-refractivity contribution is -0.140. The van der Waals surface area contributed by atoms with Crippen LogP contribution in [0, 0.1) is 5.82 Å². The molecule has 172 valence electrons. The third kappa shape index (κ3) is 3.79. The van der Waals surface area contributed by atoms with Gasteiger partial charge in [0, 0.05) is 31.0 Å². The number of fused-ring (bicyclic) bond motifs is 1. The van der Waals surface area contributed by atoms with Crippen molar-refractivity contribution in [2.45, 2.75) is 12.6 Å². The first-order chi connectivity index (χ1) is 16.2. The van der Waals surface area contributed by atoms with E-state index in [1.807, 2.05) is 24.4 Å². The number of hydrogen-bond donors (Lipinski definition) is 1. The standard InChI is InChI=1S/C25H18F4N4O/c1-32-14-23(33(24(32)34)18-5-6-20(26)19(13-18)25(27,28)29)22-12-16(7-9-31-22)15-3-2-4-21-17(11-15)8-10-30-21/h3-14,30H,2H2,1H3. The van der Waals surface area contributed by atoms with E-state index in [0.29, 0.717) is 24.2 Å². The predicted octanol–water partition coefficient (Wildman–Crippen LogP) is 3.77. The number of aryl methyl sites for hydroxylation is 1. The molecule has 0 bridgehead atoms. The number of nitrogens with zero attached hydrogens (tertiary/aromatic N) is 3. The summed E-state index contributed by atoms with van der Waals surface area (Å²) < 4.78 is 56.1. The van der Waals surface area contributed by atoms with Crippen molar-refractivity contribution in [2.24, 2.45) is 7.05 Å². The van der Waals surface area contributed by atoms with Crippen molar-refractivity contribution in [2.75, 3.05) is 0 Å². The average molecular weight is 466 g/mol. The number of rotatable bonds is 3. The maximum Gasteiger partial charge on any atom is 0.419 e. The number of allylic oxidation sites excluding steroid dienone is 2. The first kappa shape index (κ1) is 21.7. The summed E-state index contributed by atoms with van der Waals surface area (Å²) in [5, 5.41) is 2.05. The Bertz CT molecular complexity index is 1620. The van der Waals surface area contributed by atoms with E-state index >= 15 is 0 Å². The number of hydrogen-bond acceptors (Lipinski definition) is 2. The van der Waals surface area contributed by atoms with Crippen molar-refractivity contribution >= 4 is 17.7 Å². The molecule has 1 aliphatic carbocycles. The van der Waals surface area contributed by atoms with Gasteiger partial charge in [0.2, 0.25) is 0 Å². The molecule has 5 rings (SSSR count). The molecule has 4 aromatic rings. The molecule has 0 aliphatic heterocycles. The maximum atomic E-state index is 13.8. The summed E-state index contributed by atoms with van der Waals surface area (Å²) in [6.45, 7) is 0. The first-order valence-corrected chi connectivity index (χ1v) is 10.4. The van der Waals surface area contributed by atoms with E-state index in [2.05, 4.69) is 22.1 Å². The summed E-state index contributed by atoms with van der Waals surface area (Å²) in [6, 6.07) is 8.06. The molecule has 1 aromatic carbocycles. The number of benzene rings is 1. The Balaban J connectivity index is 1.65. The summed E-state index contributed by atoms with van der Waals surface area (Å²) in [7, 11) is 1.49.